The number of aliphatic imine (C=N–C) groups is 1. The summed E-state index contributed by atoms with van der Waals surface area (Å²) in [5.41, 5.74) is 1.83. The van der Waals surface area contributed by atoms with E-state index < -0.39 is 9.84 Å². The summed E-state index contributed by atoms with van der Waals surface area (Å²) >= 11 is 5.86. The first-order chi connectivity index (χ1) is 13.3. The zero-order valence-electron chi connectivity index (χ0n) is 16.4. The molecule has 2 aromatic carbocycles. The van der Waals surface area contributed by atoms with Gasteiger partial charge in [0, 0.05) is 31.9 Å². The average molecular weight is 424 g/mol. The number of hydrogen-bond donors (Lipinski definition) is 1. The van der Waals surface area contributed by atoms with Crippen LogP contribution in [0.25, 0.3) is 0 Å². The predicted octanol–water partition coefficient (Wildman–Crippen LogP) is 2.97. The fourth-order valence-electron chi connectivity index (χ4n) is 2.56. The second kappa shape index (κ2) is 10.3. The Balaban J connectivity index is 1.80. The van der Waals surface area contributed by atoms with Crippen molar-refractivity contribution < 1.29 is 13.2 Å². The van der Waals surface area contributed by atoms with Gasteiger partial charge in [0.2, 0.25) is 0 Å². The fourth-order valence-corrected chi connectivity index (χ4v) is 3.48. The molecule has 1 N–H and O–H groups in total. The molecule has 0 heterocycles. The summed E-state index contributed by atoms with van der Waals surface area (Å²) < 4.78 is 28.4. The normalized spacial score (nSPS) is 11.9. The Labute approximate surface area is 172 Å². The van der Waals surface area contributed by atoms with Gasteiger partial charge >= 0.3 is 0 Å². The lowest BCUT2D eigenvalue weighted by Crippen LogP contribution is -2.40. The molecule has 0 saturated heterocycles. The number of halogens is 1. The Morgan fingerprint density at radius 3 is 2.29 bits per heavy atom. The van der Waals surface area contributed by atoms with Crippen LogP contribution in [0.15, 0.2) is 53.5 Å². The molecule has 0 atom stereocenters. The molecule has 0 unspecified atom stereocenters. The SMILES string of the molecule is CN=C(NCc1ccc(CS(C)(=O)=O)cc1)N(C)CCOc1ccc(Cl)cc1. The molecule has 0 aliphatic carbocycles. The van der Waals surface area contributed by atoms with E-state index in [2.05, 4.69) is 10.3 Å². The third-order valence-corrected chi connectivity index (χ3v) is 5.09. The van der Waals surface area contributed by atoms with Gasteiger partial charge < -0.3 is 15.0 Å². The second-order valence-corrected chi connectivity index (χ2v) is 9.09. The molecule has 8 heteroatoms. The lowest BCUT2D eigenvalue weighted by Gasteiger charge is -2.22. The van der Waals surface area contributed by atoms with E-state index in [1.165, 1.54) is 6.26 Å². The van der Waals surface area contributed by atoms with Gasteiger partial charge in [0.25, 0.3) is 0 Å². The Hall–Kier alpha value is -2.25. The van der Waals surface area contributed by atoms with Crippen molar-refractivity contribution in [3.8, 4) is 5.75 Å². The van der Waals surface area contributed by atoms with Crippen LogP contribution in [0.4, 0.5) is 0 Å². The molecule has 0 saturated carbocycles. The smallest absolute Gasteiger partial charge is 0.193 e. The van der Waals surface area contributed by atoms with Crippen LogP contribution < -0.4 is 10.1 Å². The molecule has 152 valence electrons. The maximum atomic E-state index is 11.4. The van der Waals surface area contributed by atoms with E-state index in [0.717, 1.165) is 22.8 Å². The molecule has 28 heavy (non-hydrogen) atoms. The van der Waals surface area contributed by atoms with Crippen LogP contribution >= 0.6 is 11.6 Å². The summed E-state index contributed by atoms with van der Waals surface area (Å²) in [6.07, 6.45) is 1.24. The number of benzene rings is 2. The van der Waals surface area contributed by atoms with Crippen molar-refractivity contribution in [3.63, 3.8) is 0 Å². The molecule has 0 fully saturated rings. The van der Waals surface area contributed by atoms with Crippen LogP contribution in [0.1, 0.15) is 11.1 Å². The van der Waals surface area contributed by atoms with Gasteiger partial charge in [-0.3, -0.25) is 4.99 Å². The largest absolute Gasteiger partial charge is 0.492 e. The zero-order valence-corrected chi connectivity index (χ0v) is 17.9. The van der Waals surface area contributed by atoms with Crippen LogP contribution in [0.2, 0.25) is 5.02 Å². The Kier molecular flexibility index (Phi) is 8.14. The van der Waals surface area contributed by atoms with Crippen LogP contribution in [0.5, 0.6) is 5.75 Å². The first-order valence-electron chi connectivity index (χ1n) is 8.82. The molecular weight excluding hydrogens is 398 g/mol. The lowest BCUT2D eigenvalue weighted by atomic mass is 10.1. The number of nitrogens with one attached hydrogen (secondary N) is 1. The number of rotatable bonds is 8. The topological polar surface area (TPSA) is 71.0 Å². The number of sulfone groups is 1. The summed E-state index contributed by atoms with van der Waals surface area (Å²) in [7, 11) is 0.649. The molecule has 0 aliphatic rings. The van der Waals surface area contributed by atoms with E-state index in [4.69, 9.17) is 16.3 Å². The van der Waals surface area contributed by atoms with E-state index in [1.807, 2.05) is 48.3 Å². The van der Waals surface area contributed by atoms with Crippen molar-refractivity contribution in [3.05, 3.63) is 64.7 Å². The summed E-state index contributed by atoms with van der Waals surface area (Å²) in [6.45, 7) is 1.77. The Morgan fingerprint density at radius 1 is 1.11 bits per heavy atom. The summed E-state index contributed by atoms with van der Waals surface area (Å²) in [5, 5.41) is 3.97. The van der Waals surface area contributed by atoms with Gasteiger partial charge in [-0.1, -0.05) is 35.9 Å². The Bertz CT molecular complexity index is 882. The highest BCUT2D eigenvalue weighted by molar-refractivity contribution is 7.89. The molecule has 0 aromatic heterocycles. The standard InChI is InChI=1S/C20H26ClN3O3S/c1-22-20(24(2)12-13-27-19-10-8-18(21)9-11-19)23-14-16-4-6-17(7-5-16)15-28(3,25)26/h4-11H,12-15H2,1-3H3,(H,22,23). The molecule has 0 aliphatic heterocycles. The van der Waals surface area contributed by atoms with Crippen molar-refractivity contribution in [2.45, 2.75) is 12.3 Å². The third kappa shape index (κ3) is 7.78. The molecular formula is C20H26ClN3O3S. The van der Waals surface area contributed by atoms with Crippen LogP contribution in [0.3, 0.4) is 0 Å². The second-order valence-electron chi connectivity index (χ2n) is 6.51. The van der Waals surface area contributed by atoms with Crippen LogP contribution in [0, 0.1) is 0 Å². The van der Waals surface area contributed by atoms with Gasteiger partial charge in [-0.05, 0) is 35.4 Å². The molecule has 2 rings (SSSR count). The lowest BCUT2D eigenvalue weighted by molar-refractivity contribution is 0.281. The number of nitrogens with zero attached hydrogens (tertiary/aromatic N) is 2. The van der Waals surface area contributed by atoms with Gasteiger partial charge in [0.1, 0.15) is 12.4 Å². The zero-order chi connectivity index (χ0) is 20.6. The first kappa shape index (κ1) is 22.0. The van der Waals surface area contributed by atoms with Crippen molar-refractivity contribution >= 4 is 27.4 Å². The molecule has 0 radical (unpaired) electrons. The first-order valence-corrected chi connectivity index (χ1v) is 11.3. The monoisotopic (exact) mass is 423 g/mol. The summed E-state index contributed by atoms with van der Waals surface area (Å²) in [5.74, 6) is 1.58. The van der Waals surface area contributed by atoms with E-state index in [9.17, 15) is 8.42 Å². The van der Waals surface area contributed by atoms with Crippen molar-refractivity contribution in [2.75, 3.05) is 33.5 Å². The third-order valence-electron chi connectivity index (χ3n) is 3.98. The van der Waals surface area contributed by atoms with E-state index >= 15 is 0 Å². The predicted molar refractivity (Wildman–Crippen MR) is 115 cm³/mol. The minimum atomic E-state index is -3.02. The molecule has 6 nitrogen and oxygen atoms in total. The minimum absolute atomic E-state index is 0.0543. The molecule has 2 aromatic rings. The maximum absolute atomic E-state index is 11.4. The highest BCUT2D eigenvalue weighted by Gasteiger charge is 2.07. The highest BCUT2D eigenvalue weighted by Crippen LogP contribution is 2.15. The van der Waals surface area contributed by atoms with Gasteiger partial charge in [-0.2, -0.15) is 0 Å². The molecule has 0 spiro atoms. The quantitative estimate of drug-likeness (QED) is 0.522. The summed E-state index contributed by atoms with van der Waals surface area (Å²) in [6, 6.07) is 14.8. The number of hydrogen-bond acceptors (Lipinski definition) is 4. The average Bonchev–Trinajstić information content (AvgIpc) is 2.64. The van der Waals surface area contributed by atoms with Crippen molar-refractivity contribution in [2.24, 2.45) is 4.99 Å². The van der Waals surface area contributed by atoms with Crippen LogP contribution in [-0.4, -0.2) is 52.8 Å². The van der Waals surface area contributed by atoms with Crippen molar-refractivity contribution in [1.82, 2.24) is 10.2 Å². The summed E-state index contributed by atoms with van der Waals surface area (Å²) in [4.78, 5) is 6.27. The minimum Gasteiger partial charge on any atom is -0.492 e. The fraction of sp³-hybridized carbons (Fsp3) is 0.350. The van der Waals surface area contributed by atoms with E-state index in [-0.39, 0.29) is 5.75 Å². The van der Waals surface area contributed by atoms with Gasteiger partial charge in [0.05, 0.1) is 12.3 Å². The number of likely N-dealkylation sites (N-methyl/N-ethyl adjacent to an activating group) is 1. The maximum Gasteiger partial charge on any atom is 0.193 e. The van der Waals surface area contributed by atoms with E-state index in [0.29, 0.717) is 24.7 Å². The Morgan fingerprint density at radius 2 is 1.71 bits per heavy atom. The van der Waals surface area contributed by atoms with Crippen molar-refractivity contribution in [1.29, 1.82) is 0 Å². The highest BCUT2D eigenvalue weighted by atomic mass is 35.5. The van der Waals surface area contributed by atoms with Gasteiger partial charge in [0.15, 0.2) is 15.8 Å². The van der Waals surface area contributed by atoms with E-state index in [1.54, 1.807) is 19.2 Å². The number of guanidine groups is 1. The number of ether oxygens (including phenoxy) is 1. The van der Waals surface area contributed by atoms with Gasteiger partial charge in [-0.25, -0.2) is 8.42 Å². The van der Waals surface area contributed by atoms with Crippen LogP contribution in [-0.2, 0) is 22.1 Å². The molecule has 0 amide bonds. The van der Waals surface area contributed by atoms with Gasteiger partial charge in [-0.15, -0.1) is 0 Å². The molecule has 0 bridgehead atoms.